The van der Waals surface area contributed by atoms with Gasteiger partial charge in [0.2, 0.25) is 0 Å². The van der Waals surface area contributed by atoms with Gasteiger partial charge in [-0.1, -0.05) is 0 Å². The maximum absolute atomic E-state index is 4.51. The van der Waals surface area contributed by atoms with Gasteiger partial charge in [0.05, 0.1) is 0 Å². The Labute approximate surface area is 120 Å². The summed E-state index contributed by atoms with van der Waals surface area (Å²) in [5.41, 5.74) is 5.22. The molecule has 0 aromatic carbocycles. The van der Waals surface area contributed by atoms with Gasteiger partial charge in [0.25, 0.3) is 0 Å². The third kappa shape index (κ3) is 3.43. The van der Waals surface area contributed by atoms with Crippen LogP contribution < -0.4 is 9.18 Å². The van der Waals surface area contributed by atoms with Gasteiger partial charge in [-0.3, -0.25) is 0 Å². The van der Waals surface area contributed by atoms with Crippen LogP contribution in [0, 0.1) is 27.7 Å². The third-order valence-corrected chi connectivity index (χ3v) is 9.37. The van der Waals surface area contributed by atoms with Gasteiger partial charge in [0.15, 0.2) is 0 Å². The van der Waals surface area contributed by atoms with Crippen LogP contribution in [0.25, 0.3) is 0 Å². The Morgan fingerprint density at radius 3 is 1.39 bits per heavy atom. The fraction of sp³-hybridized carbons (Fsp3) is 0.286. The zero-order chi connectivity index (χ0) is 13.1. The molecule has 0 saturated carbocycles. The summed E-state index contributed by atoms with van der Waals surface area (Å²) in [6, 6.07) is 4.44. The Bertz CT molecular complexity index is 516. The van der Waals surface area contributed by atoms with Crippen molar-refractivity contribution in [2.75, 3.05) is 0 Å². The van der Waals surface area contributed by atoms with Gasteiger partial charge in [-0.25, -0.2) is 0 Å². The molecular formula is C14H16N2Se2. The van der Waals surface area contributed by atoms with Crippen LogP contribution in [-0.4, -0.2) is 36.2 Å². The van der Waals surface area contributed by atoms with Gasteiger partial charge < -0.3 is 0 Å². The standard InChI is InChI=1S/C14H16N2Se2/c1-9-5-13(15-7-11(9)3)17-18-14-6-10(2)12(4)8-16-14/h5-8H,1-4H3. The van der Waals surface area contributed by atoms with Crippen LogP contribution in [0.1, 0.15) is 22.3 Å². The average Bonchev–Trinajstić information content (AvgIpc) is 2.35. The SMILES string of the molecule is Cc1cnc([Se][Se]c2cc(C)c(C)cn2)cc1C. The number of rotatable bonds is 3. The number of hydrogen-bond acceptors (Lipinski definition) is 2. The summed E-state index contributed by atoms with van der Waals surface area (Å²) in [4.78, 5) is 9.02. The van der Waals surface area contributed by atoms with Crippen LogP contribution in [0.15, 0.2) is 24.5 Å². The normalized spacial score (nSPS) is 10.7. The van der Waals surface area contributed by atoms with Crippen LogP contribution in [0.5, 0.6) is 0 Å². The molecule has 0 N–H and O–H groups in total. The maximum atomic E-state index is 4.51. The number of nitrogens with zero attached hydrogens (tertiary/aromatic N) is 2. The van der Waals surface area contributed by atoms with E-state index >= 15 is 0 Å². The van der Waals surface area contributed by atoms with Gasteiger partial charge >= 0.3 is 120 Å². The van der Waals surface area contributed by atoms with E-state index in [2.05, 4.69) is 49.8 Å². The second-order valence-electron chi connectivity index (χ2n) is 4.38. The summed E-state index contributed by atoms with van der Waals surface area (Å²) < 4.78 is 2.48. The van der Waals surface area contributed by atoms with Crippen LogP contribution in [-0.2, 0) is 0 Å². The van der Waals surface area contributed by atoms with Crippen molar-refractivity contribution in [3.05, 3.63) is 46.8 Å². The van der Waals surface area contributed by atoms with Crippen LogP contribution in [0.2, 0.25) is 0 Å². The number of aromatic nitrogens is 2. The molecule has 2 heterocycles. The van der Waals surface area contributed by atoms with Gasteiger partial charge in [-0.05, 0) is 0 Å². The van der Waals surface area contributed by atoms with E-state index < -0.39 is 0 Å². The van der Waals surface area contributed by atoms with Crippen molar-refractivity contribution in [2.24, 2.45) is 0 Å². The molecule has 0 unspecified atom stereocenters. The predicted molar refractivity (Wildman–Crippen MR) is 78.2 cm³/mol. The molecule has 0 saturated heterocycles. The molecular weight excluding hydrogens is 354 g/mol. The Hall–Kier alpha value is -0.661. The molecule has 0 aliphatic rings. The number of aryl methyl sites for hydroxylation is 4. The van der Waals surface area contributed by atoms with Crippen molar-refractivity contribution in [3.63, 3.8) is 0 Å². The van der Waals surface area contributed by atoms with Crippen molar-refractivity contribution in [3.8, 4) is 0 Å². The summed E-state index contributed by atoms with van der Waals surface area (Å²) in [6.45, 7) is 8.51. The first-order valence-corrected chi connectivity index (χ1v) is 11.8. The minimum atomic E-state index is 0.431. The van der Waals surface area contributed by atoms with Crippen molar-refractivity contribution in [1.82, 2.24) is 9.97 Å². The predicted octanol–water partition coefficient (Wildman–Crippen LogP) is 0.984. The molecule has 2 rings (SSSR count). The molecule has 0 aliphatic carbocycles. The van der Waals surface area contributed by atoms with E-state index in [-0.39, 0.29) is 0 Å². The molecule has 2 aromatic rings. The van der Waals surface area contributed by atoms with Crippen LogP contribution in [0.4, 0.5) is 0 Å². The number of hydrogen-bond donors (Lipinski definition) is 0. The molecule has 0 fully saturated rings. The first-order chi connectivity index (χ1) is 8.56. The van der Waals surface area contributed by atoms with E-state index in [0.717, 1.165) is 0 Å². The van der Waals surface area contributed by atoms with E-state index in [1.165, 1.54) is 31.4 Å². The van der Waals surface area contributed by atoms with E-state index in [9.17, 15) is 0 Å². The van der Waals surface area contributed by atoms with Gasteiger partial charge in [0.1, 0.15) is 0 Å². The molecule has 0 spiro atoms. The fourth-order valence-electron chi connectivity index (χ4n) is 1.37. The summed E-state index contributed by atoms with van der Waals surface area (Å²) >= 11 is 0.861. The first-order valence-electron chi connectivity index (χ1n) is 5.77. The van der Waals surface area contributed by atoms with Gasteiger partial charge in [-0.15, -0.1) is 0 Å². The summed E-state index contributed by atoms with van der Waals surface area (Å²) in [5, 5.41) is 0. The molecule has 0 aliphatic heterocycles. The van der Waals surface area contributed by atoms with Crippen molar-refractivity contribution < 1.29 is 0 Å². The monoisotopic (exact) mass is 372 g/mol. The van der Waals surface area contributed by atoms with E-state index in [4.69, 9.17) is 0 Å². The second-order valence-corrected chi connectivity index (χ2v) is 10.5. The van der Waals surface area contributed by atoms with E-state index in [1.807, 2.05) is 12.4 Å². The van der Waals surface area contributed by atoms with Crippen LogP contribution in [0.3, 0.4) is 0 Å². The molecule has 0 amide bonds. The second kappa shape index (κ2) is 5.99. The van der Waals surface area contributed by atoms with Gasteiger partial charge in [-0.2, -0.15) is 0 Å². The van der Waals surface area contributed by atoms with E-state index in [1.54, 1.807) is 0 Å². The zero-order valence-electron chi connectivity index (χ0n) is 11.0. The molecule has 2 nitrogen and oxygen atoms in total. The molecule has 18 heavy (non-hydrogen) atoms. The molecule has 0 radical (unpaired) electrons. The third-order valence-electron chi connectivity index (χ3n) is 2.91. The van der Waals surface area contributed by atoms with Crippen molar-refractivity contribution in [1.29, 1.82) is 0 Å². The quantitative estimate of drug-likeness (QED) is 0.754. The topological polar surface area (TPSA) is 25.8 Å². The molecule has 2 aromatic heterocycles. The minimum absolute atomic E-state index is 0.431. The molecule has 0 bridgehead atoms. The van der Waals surface area contributed by atoms with Crippen molar-refractivity contribution in [2.45, 2.75) is 27.7 Å². The van der Waals surface area contributed by atoms with E-state index in [0.29, 0.717) is 26.3 Å². The van der Waals surface area contributed by atoms with Crippen molar-refractivity contribution >= 4 is 35.4 Å². The average molecular weight is 370 g/mol. The van der Waals surface area contributed by atoms with Crippen LogP contribution >= 0.6 is 0 Å². The fourth-order valence-corrected chi connectivity index (χ4v) is 6.93. The number of pyridine rings is 2. The summed E-state index contributed by atoms with van der Waals surface area (Å²) in [6.07, 6.45) is 3.96. The Morgan fingerprint density at radius 2 is 1.06 bits per heavy atom. The first kappa shape index (κ1) is 13.8. The molecule has 0 atom stereocenters. The Kier molecular flexibility index (Phi) is 4.58. The molecule has 4 heteroatoms. The summed E-state index contributed by atoms with van der Waals surface area (Å²) in [7, 11) is 0. The Balaban J connectivity index is 2.06. The van der Waals surface area contributed by atoms with Gasteiger partial charge in [0, 0.05) is 0 Å². The summed E-state index contributed by atoms with van der Waals surface area (Å²) in [5.74, 6) is 0. The zero-order valence-corrected chi connectivity index (χ0v) is 14.4. The molecule has 94 valence electrons. The Morgan fingerprint density at radius 1 is 0.667 bits per heavy atom.